The van der Waals surface area contributed by atoms with E-state index < -0.39 is 12.0 Å². The summed E-state index contributed by atoms with van der Waals surface area (Å²) in [5, 5.41) is 5.60. The number of amides is 1. The van der Waals surface area contributed by atoms with Crippen LogP contribution in [0.25, 0.3) is 0 Å². The minimum atomic E-state index is -0.601. The van der Waals surface area contributed by atoms with E-state index >= 15 is 0 Å². The van der Waals surface area contributed by atoms with Gasteiger partial charge >= 0.3 is 5.97 Å². The van der Waals surface area contributed by atoms with Crippen molar-refractivity contribution < 1.29 is 28.5 Å². The van der Waals surface area contributed by atoms with Crippen molar-refractivity contribution in [3.05, 3.63) is 46.1 Å². The Morgan fingerprint density at radius 2 is 1.97 bits per heavy atom. The molecule has 1 N–H and O–H groups in total. The molecule has 0 aromatic heterocycles. The maximum atomic E-state index is 13.3. The first-order valence-corrected chi connectivity index (χ1v) is 12.3. The number of carbonyl (C=O) groups is 2. The van der Waals surface area contributed by atoms with Gasteiger partial charge in [0, 0.05) is 30.5 Å². The molecule has 9 nitrogen and oxygen atoms in total. The van der Waals surface area contributed by atoms with Crippen molar-refractivity contribution in [1.82, 2.24) is 10.2 Å². The Labute approximate surface area is 210 Å². The first-order chi connectivity index (χ1) is 16.8. The van der Waals surface area contributed by atoms with Crippen molar-refractivity contribution >= 4 is 28.8 Å². The van der Waals surface area contributed by atoms with Crippen molar-refractivity contribution in [2.45, 2.75) is 45.7 Å². The fourth-order valence-electron chi connectivity index (χ4n) is 3.86. The van der Waals surface area contributed by atoms with Crippen LogP contribution in [-0.4, -0.2) is 62.5 Å². The molecule has 0 aliphatic carbocycles. The number of hydrogen-bond acceptors (Lipinski definition) is 9. The molecule has 10 heteroatoms. The van der Waals surface area contributed by atoms with E-state index in [0.717, 1.165) is 17.7 Å². The number of methoxy groups -OCH3 is 3. The fraction of sp³-hybridized carbons (Fsp3) is 0.480. The van der Waals surface area contributed by atoms with E-state index in [9.17, 15) is 9.59 Å². The van der Waals surface area contributed by atoms with Gasteiger partial charge in [0.05, 0.1) is 44.6 Å². The van der Waals surface area contributed by atoms with Gasteiger partial charge < -0.3 is 29.2 Å². The lowest BCUT2D eigenvalue weighted by molar-refractivity contribution is -0.141. The van der Waals surface area contributed by atoms with Crippen molar-refractivity contribution in [3.8, 4) is 11.5 Å². The first kappa shape index (κ1) is 26.6. The first-order valence-electron chi connectivity index (χ1n) is 11.5. The molecular weight excluding hydrogens is 470 g/mol. The zero-order valence-electron chi connectivity index (χ0n) is 21.0. The maximum absolute atomic E-state index is 13.3. The van der Waals surface area contributed by atoms with E-state index in [4.69, 9.17) is 18.9 Å². The zero-order valence-corrected chi connectivity index (χ0v) is 21.9. The number of nitrogens with zero attached hydrogens (tertiary/aromatic N) is 2. The highest BCUT2D eigenvalue weighted by atomic mass is 32.2. The van der Waals surface area contributed by atoms with Gasteiger partial charge in [0.15, 0.2) is 5.17 Å². The lowest BCUT2D eigenvalue weighted by Gasteiger charge is -2.37. The summed E-state index contributed by atoms with van der Waals surface area (Å²) in [6.45, 7) is 6.17. The number of carbonyl (C=O) groups excluding carboxylic acids is 2. The van der Waals surface area contributed by atoms with E-state index in [-0.39, 0.29) is 31.6 Å². The predicted octanol–water partition coefficient (Wildman–Crippen LogP) is 3.77. The number of benzene rings is 1. The molecule has 0 unspecified atom stereocenters. The molecule has 1 aromatic carbocycles. The van der Waals surface area contributed by atoms with E-state index in [1.807, 2.05) is 36.3 Å². The Hall–Kier alpha value is -2.98. The number of allylic oxidation sites excluding steroid dienone is 1. The molecule has 0 saturated heterocycles. The summed E-state index contributed by atoms with van der Waals surface area (Å²) in [5.41, 5.74) is 2.40. The number of aliphatic imine (C=N–C) groups is 1. The number of esters is 1. The van der Waals surface area contributed by atoms with Crippen LogP contribution in [0.2, 0.25) is 0 Å². The summed E-state index contributed by atoms with van der Waals surface area (Å²) in [4.78, 5) is 32.6. The Bertz CT molecular complexity index is 1050. The Morgan fingerprint density at radius 1 is 1.20 bits per heavy atom. The van der Waals surface area contributed by atoms with Crippen LogP contribution >= 0.6 is 11.8 Å². The van der Waals surface area contributed by atoms with E-state index in [0.29, 0.717) is 27.9 Å². The van der Waals surface area contributed by atoms with Crippen LogP contribution in [0.3, 0.4) is 0 Å². The quantitative estimate of drug-likeness (QED) is 0.360. The lowest BCUT2D eigenvalue weighted by Crippen LogP contribution is -2.39. The summed E-state index contributed by atoms with van der Waals surface area (Å²) in [7, 11) is 4.69. The monoisotopic (exact) mass is 503 g/mol. The molecule has 190 valence electrons. The van der Waals surface area contributed by atoms with Crippen LogP contribution in [0.15, 0.2) is 45.6 Å². The minimum absolute atomic E-state index is 0.0672. The molecule has 1 amide bonds. The van der Waals surface area contributed by atoms with Gasteiger partial charge in [-0.15, -0.1) is 0 Å². The van der Waals surface area contributed by atoms with E-state index in [1.54, 1.807) is 34.3 Å². The van der Waals surface area contributed by atoms with Gasteiger partial charge in [-0.2, -0.15) is 0 Å². The number of hydrogen-bond donors (Lipinski definition) is 1. The van der Waals surface area contributed by atoms with E-state index in [2.05, 4.69) is 10.3 Å². The molecule has 2 aliphatic heterocycles. The maximum Gasteiger partial charge on any atom is 0.338 e. The largest absolute Gasteiger partial charge is 0.497 e. The molecule has 0 saturated carbocycles. The number of amidine groups is 1. The van der Waals surface area contributed by atoms with Crippen molar-refractivity contribution in [2.24, 2.45) is 4.99 Å². The third-order valence-electron chi connectivity index (χ3n) is 5.84. The lowest BCUT2D eigenvalue weighted by atomic mass is 9.93. The fourth-order valence-corrected chi connectivity index (χ4v) is 4.82. The predicted molar refractivity (Wildman–Crippen MR) is 135 cm³/mol. The number of fused-ring (bicyclic) bond motifs is 1. The van der Waals surface area contributed by atoms with Crippen LogP contribution in [0.5, 0.6) is 11.5 Å². The van der Waals surface area contributed by atoms with Crippen LogP contribution in [0.1, 0.15) is 45.2 Å². The van der Waals surface area contributed by atoms with E-state index in [1.165, 1.54) is 11.8 Å². The Morgan fingerprint density at radius 3 is 2.63 bits per heavy atom. The molecule has 0 bridgehead atoms. The summed E-state index contributed by atoms with van der Waals surface area (Å²) >= 11 is 1.42. The normalized spacial score (nSPS) is 17.9. The minimum Gasteiger partial charge on any atom is -0.497 e. The third-order valence-corrected chi connectivity index (χ3v) is 6.73. The SMILES string of the molecule is CC[C@H](C)NC(=O)CC1=CSC2=NC(C)=C(C(=O)OCCOC)[C@@H](c3ccc(OC)cc3OC)N12. The number of ether oxygens (including phenoxy) is 4. The highest BCUT2D eigenvalue weighted by molar-refractivity contribution is 8.16. The van der Waals surface area contributed by atoms with Crippen LogP contribution < -0.4 is 14.8 Å². The standard InChI is InChI=1S/C25H33N3O6S/c1-7-15(2)26-21(29)12-17-14-35-25-27-16(3)22(24(30)34-11-10-31-4)23(28(17)25)19-9-8-18(32-5)13-20(19)33-6/h8-9,13-15,23H,7,10-12H2,1-6H3,(H,26,29)/t15-,23+/m0/s1. The topological polar surface area (TPSA) is 98.7 Å². The van der Waals surface area contributed by atoms with Crippen LogP contribution in [-0.2, 0) is 19.1 Å². The molecule has 3 rings (SSSR count). The van der Waals surface area contributed by atoms with Gasteiger partial charge in [-0.3, -0.25) is 4.79 Å². The molecule has 35 heavy (non-hydrogen) atoms. The highest BCUT2D eigenvalue weighted by Gasteiger charge is 2.42. The molecule has 0 spiro atoms. The molecule has 2 aliphatic rings. The molecule has 1 aromatic rings. The molecular formula is C25H33N3O6S. The molecule has 2 heterocycles. The molecule has 0 radical (unpaired) electrons. The van der Waals surface area contributed by atoms with Gasteiger partial charge in [-0.05, 0) is 37.8 Å². The second-order valence-electron chi connectivity index (χ2n) is 8.18. The average molecular weight is 504 g/mol. The van der Waals surface area contributed by atoms with Gasteiger partial charge in [0.1, 0.15) is 18.1 Å². The van der Waals surface area contributed by atoms with Gasteiger partial charge in [0.2, 0.25) is 5.91 Å². The van der Waals surface area contributed by atoms with Gasteiger partial charge in [-0.25, -0.2) is 9.79 Å². The third kappa shape index (κ3) is 5.99. The Balaban J connectivity index is 2.05. The zero-order chi connectivity index (χ0) is 25.5. The highest BCUT2D eigenvalue weighted by Crippen LogP contribution is 2.47. The summed E-state index contributed by atoms with van der Waals surface area (Å²) in [6, 6.07) is 4.91. The van der Waals surface area contributed by atoms with Gasteiger partial charge in [-0.1, -0.05) is 18.7 Å². The van der Waals surface area contributed by atoms with Gasteiger partial charge in [0.25, 0.3) is 0 Å². The van der Waals surface area contributed by atoms with Crippen molar-refractivity contribution in [2.75, 3.05) is 34.5 Å². The number of rotatable bonds is 11. The van der Waals surface area contributed by atoms with Crippen LogP contribution in [0.4, 0.5) is 0 Å². The summed E-state index contributed by atoms with van der Waals surface area (Å²) in [5.74, 6) is 0.583. The number of nitrogens with one attached hydrogen (secondary N) is 1. The average Bonchev–Trinajstić information content (AvgIpc) is 3.24. The van der Waals surface area contributed by atoms with Crippen LogP contribution in [0, 0.1) is 0 Å². The Kier molecular flexibility index (Phi) is 9.22. The van der Waals surface area contributed by atoms with Crippen molar-refractivity contribution in [1.29, 1.82) is 0 Å². The summed E-state index contributed by atoms with van der Waals surface area (Å²) in [6.07, 6.45) is 0.984. The number of thioether (sulfide) groups is 1. The smallest absolute Gasteiger partial charge is 0.338 e. The second-order valence-corrected chi connectivity index (χ2v) is 9.02. The second kappa shape index (κ2) is 12.1. The summed E-state index contributed by atoms with van der Waals surface area (Å²) < 4.78 is 21.6. The molecule has 2 atom stereocenters. The van der Waals surface area contributed by atoms with Crippen molar-refractivity contribution in [3.63, 3.8) is 0 Å². The molecule has 0 fully saturated rings.